The Kier molecular flexibility index (Phi) is 4.62. The Morgan fingerprint density at radius 1 is 1.26 bits per heavy atom. The summed E-state index contributed by atoms with van der Waals surface area (Å²) < 4.78 is 67.7. The van der Waals surface area contributed by atoms with E-state index in [4.69, 9.17) is 0 Å². The lowest BCUT2D eigenvalue weighted by atomic mass is 10.0. The molecular formula is C13H11F5N4O. The van der Waals surface area contributed by atoms with Crippen molar-refractivity contribution in [2.45, 2.75) is 25.2 Å². The molecule has 5 nitrogen and oxygen atoms in total. The lowest BCUT2D eigenvalue weighted by Crippen LogP contribution is -2.42. The van der Waals surface area contributed by atoms with E-state index in [1.54, 1.807) is 5.32 Å². The zero-order chi connectivity index (χ0) is 17.2. The second kappa shape index (κ2) is 6.31. The molecule has 1 aromatic carbocycles. The highest BCUT2D eigenvalue weighted by Crippen LogP contribution is 2.35. The molecule has 0 aliphatic rings. The van der Waals surface area contributed by atoms with Crippen LogP contribution in [0.5, 0.6) is 0 Å². The van der Waals surface area contributed by atoms with E-state index in [9.17, 15) is 26.7 Å². The summed E-state index contributed by atoms with van der Waals surface area (Å²) in [5.74, 6) is -3.91. The third-order valence-electron chi connectivity index (χ3n) is 3.12. The van der Waals surface area contributed by atoms with Crippen molar-refractivity contribution in [1.82, 2.24) is 20.1 Å². The molecule has 1 N–H and O–H groups in total. The molecule has 2 aromatic rings. The summed E-state index contributed by atoms with van der Waals surface area (Å²) >= 11 is 0. The monoisotopic (exact) mass is 334 g/mol. The normalized spacial score (nSPS) is 14.3. The number of nitrogens with zero attached hydrogens (tertiary/aromatic N) is 3. The molecule has 0 saturated heterocycles. The van der Waals surface area contributed by atoms with Gasteiger partial charge in [0.05, 0.1) is 5.56 Å². The molecule has 124 valence electrons. The molecule has 0 bridgehead atoms. The maximum atomic E-state index is 13.6. The summed E-state index contributed by atoms with van der Waals surface area (Å²) in [7, 11) is 0. The Morgan fingerprint density at radius 3 is 2.35 bits per heavy atom. The summed E-state index contributed by atoms with van der Waals surface area (Å²) in [6.07, 6.45) is -2.85. The Balaban J connectivity index is 2.32. The summed E-state index contributed by atoms with van der Waals surface area (Å²) in [5, 5.41) is 5.24. The average molecular weight is 334 g/mol. The molecule has 2 rings (SSSR count). The third kappa shape index (κ3) is 3.63. The molecule has 0 aliphatic carbocycles. The van der Waals surface area contributed by atoms with Gasteiger partial charge >= 0.3 is 6.18 Å². The highest BCUT2D eigenvalue weighted by molar-refractivity contribution is 5.80. The first kappa shape index (κ1) is 16.8. The van der Waals surface area contributed by atoms with Crippen LogP contribution in [0.1, 0.15) is 24.6 Å². The van der Waals surface area contributed by atoms with Crippen LogP contribution in [0.2, 0.25) is 0 Å². The summed E-state index contributed by atoms with van der Waals surface area (Å²) in [4.78, 5) is 15.5. The first-order chi connectivity index (χ1) is 10.7. The number of rotatable bonds is 4. The number of hydrogen-bond acceptors (Lipinski definition) is 3. The van der Waals surface area contributed by atoms with E-state index in [1.165, 1.54) is 6.92 Å². The number of amides is 1. The van der Waals surface area contributed by atoms with Crippen LogP contribution in [0.4, 0.5) is 22.0 Å². The first-order valence-corrected chi connectivity index (χ1v) is 6.37. The van der Waals surface area contributed by atoms with Crippen molar-refractivity contribution < 1.29 is 26.7 Å². The topological polar surface area (TPSA) is 59.8 Å². The van der Waals surface area contributed by atoms with Crippen molar-refractivity contribution in [1.29, 1.82) is 0 Å². The molecule has 23 heavy (non-hydrogen) atoms. The van der Waals surface area contributed by atoms with Gasteiger partial charge in [-0.05, 0) is 19.1 Å². The number of halogens is 5. The standard InChI is InChI=1S/C13H11F5N4O/c1-7(22-6-19-5-20-22)12(23)21-11(13(16,17)18)10-8(14)3-2-4-9(10)15/h2-7,11H,1H3,(H,21,23)/t7-,11+/m1/s1. The van der Waals surface area contributed by atoms with Gasteiger partial charge in [0.15, 0.2) is 6.04 Å². The van der Waals surface area contributed by atoms with Crippen LogP contribution in [0.3, 0.4) is 0 Å². The fourth-order valence-electron chi connectivity index (χ4n) is 1.90. The van der Waals surface area contributed by atoms with E-state index < -0.39 is 41.4 Å². The quantitative estimate of drug-likeness (QED) is 0.874. The second-order valence-corrected chi connectivity index (χ2v) is 4.67. The molecule has 1 aromatic heterocycles. The Morgan fingerprint density at radius 2 is 1.87 bits per heavy atom. The Labute approximate surface area is 127 Å². The SMILES string of the molecule is C[C@H](C(=O)N[C@@H](c1c(F)cccc1F)C(F)(F)F)n1cncn1. The van der Waals surface area contributed by atoms with E-state index in [0.717, 1.165) is 23.4 Å². The fraction of sp³-hybridized carbons (Fsp3) is 0.308. The minimum Gasteiger partial charge on any atom is -0.339 e. The van der Waals surface area contributed by atoms with Crippen LogP contribution in [-0.4, -0.2) is 26.8 Å². The number of nitrogens with one attached hydrogen (secondary N) is 1. The highest BCUT2D eigenvalue weighted by atomic mass is 19.4. The molecule has 0 saturated carbocycles. The van der Waals surface area contributed by atoms with Gasteiger partial charge in [0.1, 0.15) is 30.3 Å². The van der Waals surface area contributed by atoms with Gasteiger partial charge in [-0.2, -0.15) is 18.3 Å². The largest absolute Gasteiger partial charge is 0.413 e. The van der Waals surface area contributed by atoms with Gasteiger partial charge in [0, 0.05) is 0 Å². The number of carbonyl (C=O) groups is 1. The van der Waals surface area contributed by atoms with Crippen molar-refractivity contribution in [2.24, 2.45) is 0 Å². The van der Waals surface area contributed by atoms with E-state index in [2.05, 4.69) is 10.1 Å². The van der Waals surface area contributed by atoms with Crippen LogP contribution >= 0.6 is 0 Å². The maximum absolute atomic E-state index is 13.6. The number of aromatic nitrogens is 3. The maximum Gasteiger partial charge on any atom is 0.413 e. The van der Waals surface area contributed by atoms with Gasteiger partial charge in [-0.1, -0.05) is 6.07 Å². The van der Waals surface area contributed by atoms with Crippen LogP contribution in [-0.2, 0) is 4.79 Å². The number of alkyl halides is 3. The summed E-state index contributed by atoms with van der Waals surface area (Å²) in [6.45, 7) is 1.27. The number of carbonyl (C=O) groups excluding carboxylic acids is 1. The molecule has 0 fully saturated rings. The summed E-state index contributed by atoms with van der Waals surface area (Å²) in [5.41, 5.74) is -1.26. The van der Waals surface area contributed by atoms with E-state index >= 15 is 0 Å². The van der Waals surface area contributed by atoms with Gasteiger partial charge in [-0.3, -0.25) is 4.79 Å². The molecular weight excluding hydrogens is 323 g/mol. The highest BCUT2D eigenvalue weighted by Gasteiger charge is 2.45. The average Bonchev–Trinajstić information content (AvgIpc) is 2.98. The third-order valence-corrected chi connectivity index (χ3v) is 3.12. The zero-order valence-electron chi connectivity index (χ0n) is 11.7. The van der Waals surface area contributed by atoms with E-state index in [-0.39, 0.29) is 0 Å². The number of benzene rings is 1. The molecule has 0 radical (unpaired) electrons. The smallest absolute Gasteiger partial charge is 0.339 e. The van der Waals surface area contributed by atoms with Gasteiger partial charge in [-0.25, -0.2) is 18.4 Å². The van der Waals surface area contributed by atoms with Crippen LogP contribution in [0.15, 0.2) is 30.9 Å². The van der Waals surface area contributed by atoms with Crippen molar-refractivity contribution >= 4 is 5.91 Å². The van der Waals surface area contributed by atoms with Crippen LogP contribution in [0.25, 0.3) is 0 Å². The first-order valence-electron chi connectivity index (χ1n) is 6.37. The molecule has 10 heteroatoms. The van der Waals surface area contributed by atoms with E-state index in [0.29, 0.717) is 12.1 Å². The predicted molar refractivity (Wildman–Crippen MR) is 68.0 cm³/mol. The molecule has 2 atom stereocenters. The molecule has 0 spiro atoms. The minimum atomic E-state index is -5.08. The van der Waals surface area contributed by atoms with Crippen molar-refractivity contribution in [3.05, 3.63) is 48.1 Å². The lowest BCUT2D eigenvalue weighted by Gasteiger charge is -2.24. The van der Waals surface area contributed by atoms with Gasteiger partial charge in [-0.15, -0.1) is 0 Å². The fourth-order valence-corrected chi connectivity index (χ4v) is 1.90. The second-order valence-electron chi connectivity index (χ2n) is 4.67. The zero-order valence-corrected chi connectivity index (χ0v) is 11.7. The van der Waals surface area contributed by atoms with Gasteiger partial charge in [0.25, 0.3) is 0 Å². The lowest BCUT2D eigenvalue weighted by molar-refractivity contribution is -0.165. The molecule has 0 aliphatic heterocycles. The summed E-state index contributed by atoms with van der Waals surface area (Å²) in [6, 6.07) is -1.66. The van der Waals surface area contributed by atoms with E-state index in [1.807, 2.05) is 0 Å². The van der Waals surface area contributed by atoms with Crippen molar-refractivity contribution in [3.63, 3.8) is 0 Å². The van der Waals surface area contributed by atoms with Gasteiger partial charge in [0.2, 0.25) is 5.91 Å². The number of hydrogen-bond donors (Lipinski definition) is 1. The Bertz CT molecular complexity index is 666. The predicted octanol–water partition coefficient (Wildman–Crippen LogP) is 2.54. The van der Waals surface area contributed by atoms with Crippen LogP contribution < -0.4 is 5.32 Å². The minimum absolute atomic E-state index is 0.685. The molecule has 0 unspecified atom stereocenters. The Hall–Kier alpha value is -2.52. The van der Waals surface area contributed by atoms with Crippen LogP contribution in [0, 0.1) is 11.6 Å². The van der Waals surface area contributed by atoms with Gasteiger partial charge < -0.3 is 5.32 Å². The van der Waals surface area contributed by atoms with Crippen molar-refractivity contribution in [3.8, 4) is 0 Å². The van der Waals surface area contributed by atoms with Crippen molar-refractivity contribution in [2.75, 3.05) is 0 Å². The molecule has 1 heterocycles. The molecule has 1 amide bonds.